The van der Waals surface area contributed by atoms with Crippen molar-refractivity contribution in [3.63, 3.8) is 0 Å². The summed E-state index contributed by atoms with van der Waals surface area (Å²) >= 11 is 0. The number of carbonyl (C=O) groups excluding carboxylic acids is 1. The van der Waals surface area contributed by atoms with Crippen molar-refractivity contribution in [3.05, 3.63) is 0 Å². The summed E-state index contributed by atoms with van der Waals surface area (Å²) in [6, 6.07) is 0. The van der Waals surface area contributed by atoms with E-state index in [0.29, 0.717) is 6.54 Å². The van der Waals surface area contributed by atoms with Crippen molar-refractivity contribution < 1.29 is 14.7 Å². The van der Waals surface area contributed by atoms with Crippen molar-refractivity contribution in [2.75, 3.05) is 13.1 Å². The van der Waals surface area contributed by atoms with Crippen LogP contribution in [-0.2, 0) is 9.59 Å². The Kier molecular flexibility index (Phi) is 5.37. The molecule has 0 aliphatic heterocycles. The molecular formula is C9H13NO3. The van der Waals surface area contributed by atoms with Gasteiger partial charge in [-0.2, -0.15) is 0 Å². The Bertz CT molecular complexity index is 249. The van der Waals surface area contributed by atoms with Crippen molar-refractivity contribution in [1.29, 1.82) is 0 Å². The zero-order valence-electron chi connectivity index (χ0n) is 7.83. The van der Waals surface area contributed by atoms with Gasteiger partial charge in [0.2, 0.25) is 0 Å². The van der Waals surface area contributed by atoms with Crippen LogP contribution in [0.2, 0.25) is 0 Å². The number of rotatable bonds is 4. The van der Waals surface area contributed by atoms with E-state index in [9.17, 15) is 9.59 Å². The minimum atomic E-state index is -1.01. The summed E-state index contributed by atoms with van der Waals surface area (Å²) in [4.78, 5) is 22.7. The molecule has 0 unspecified atom stereocenters. The van der Waals surface area contributed by atoms with Crippen LogP contribution in [0.1, 0.15) is 20.3 Å². The summed E-state index contributed by atoms with van der Waals surface area (Å²) in [5.74, 6) is 3.32. The molecule has 72 valence electrons. The number of carboxylic acids is 1. The largest absolute Gasteiger partial charge is 0.480 e. The molecule has 1 amide bonds. The van der Waals surface area contributed by atoms with E-state index in [-0.39, 0.29) is 6.54 Å². The molecule has 4 nitrogen and oxygen atoms in total. The number of carbonyl (C=O) groups is 2. The van der Waals surface area contributed by atoms with Gasteiger partial charge in [0.25, 0.3) is 5.91 Å². The maximum atomic E-state index is 11.2. The summed E-state index contributed by atoms with van der Waals surface area (Å²) in [5, 5.41) is 8.49. The quantitative estimate of drug-likeness (QED) is 0.639. The van der Waals surface area contributed by atoms with Crippen molar-refractivity contribution in [1.82, 2.24) is 4.90 Å². The standard InChI is InChI=1S/C9H13NO3/c1-3-5-8(11)10(6-4-2)7-9(12)13/h4,6-7H2,1-2H3,(H,12,13). The van der Waals surface area contributed by atoms with Gasteiger partial charge in [-0.3, -0.25) is 9.59 Å². The van der Waals surface area contributed by atoms with Gasteiger partial charge >= 0.3 is 5.97 Å². The average Bonchev–Trinajstić information content (AvgIpc) is 2.03. The molecular weight excluding hydrogens is 170 g/mol. The SMILES string of the molecule is CC#CC(=O)N(CCC)CC(=O)O. The van der Waals surface area contributed by atoms with Gasteiger partial charge in [0.05, 0.1) is 0 Å². The first-order valence-corrected chi connectivity index (χ1v) is 4.05. The van der Waals surface area contributed by atoms with E-state index in [1.807, 2.05) is 6.92 Å². The lowest BCUT2D eigenvalue weighted by Crippen LogP contribution is -2.35. The molecule has 0 aromatic carbocycles. The lowest BCUT2D eigenvalue weighted by Gasteiger charge is -2.16. The Morgan fingerprint density at radius 1 is 1.46 bits per heavy atom. The van der Waals surface area contributed by atoms with Gasteiger partial charge < -0.3 is 10.0 Å². The highest BCUT2D eigenvalue weighted by Crippen LogP contribution is 1.91. The summed E-state index contributed by atoms with van der Waals surface area (Å²) in [7, 11) is 0. The number of nitrogens with zero attached hydrogens (tertiary/aromatic N) is 1. The Balaban J connectivity index is 4.28. The van der Waals surface area contributed by atoms with Crippen LogP contribution in [0.4, 0.5) is 0 Å². The normalized spacial score (nSPS) is 8.46. The van der Waals surface area contributed by atoms with E-state index >= 15 is 0 Å². The van der Waals surface area contributed by atoms with Crippen molar-refractivity contribution in [2.24, 2.45) is 0 Å². The van der Waals surface area contributed by atoms with E-state index in [2.05, 4.69) is 11.8 Å². The Labute approximate surface area is 77.5 Å². The molecule has 1 N–H and O–H groups in total. The van der Waals surface area contributed by atoms with E-state index in [1.54, 1.807) is 6.92 Å². The van der Waals surface area contributed by atoms with Gasteiger partial charge in [0.1, 0.15) is 6.54 Å². The molecule has 0 aromatic rings. The zero-order chi connectivity index (χ0) is 10.3. The van der Waals surface area contributed by atoms with Gasteiger partial charge in [0, 0.05) is 6.54 Å². The van der Waals surface area contributed by atoms with E-state index < -0.39 is 11.9 Å². The summed E-state index contributed by atoms with van der Waals surface area (Å²) in [6.07, 6.45) is 0.727. The molecule has 0 radical (unpaired) electrons. The van der Waals surface area contributed by atoms with Gasteiger partial charge in [-0.1, -0.05) is 12.8 Å². The van der Waals surface area contributed by atoms with E-state index in [1.165, 1.54) is 4.90 Å². The van der Waals surface area contributed by atoms with E-state index in [0.717, 1.165) is 6.42 Å². The van der Waals surface area contributed by atoms with Crippen LogP contribution in [0, 0.1) is 11.8 Å². The summed E-state index contributed by atoms with van der Waals surface area (Å²) in [5.41, 5.74) is 0. The second-order valence-electron chi connectivity index (χ2n) is 2.50. The fourth-order valence-corrected chi connectivity index (χ4v) is 0.872. The van der Waals surface area contributed by atoms with Crippen LogP contribution in [0.3, 0.4) is 0 Å². The lowest BCUT2D eigenvalue weighted by atomic mass is 10.4. The van der Waals surface area contributed by atoms with Crippen LogP contribution in [-0.4, -0.2) is 35.0 Å². The Hall–Kier alpha value is -1.50. The molecule has 4 heteroatoms. The van der Waals surface area contributed by atoms with Gasteiger partial charge in [-0.15, -0.1) is 0 Å². The second kappa shape index (κ2) is 6.06. The van der Waals surface area contributed by atoms with Crippen LogP contribution in [0.25, 0.3) is 0 Å². The highest BCUT2D eigenvalue weighted by Gasteiger charge is 2.12. The maximum absolute atomic E-state index is 11.2. The highest BCUT2D eigenvalue weighted by atomic mass is 16.4. The predicted molar refractivity (Wildman–Crippen MR) is 48.0 cm³/mol. The molecule has 0 saturated heterocycles. The molecule has 0 saturated carbocycles. The summed E-state index contributed by atoms with van der Waals surface area (Å²) in [6.45, 7) is 3.57. The third-order valence-corrected chi connectivity index (χ3v) is 1.34. The predicted octanol–water partition coefficient (Wildman–Crippen LogP) is 0.333. The molecule has 0 fully saturated rings. The van der Waals surface area contributed by atoms with Gasteiger partial charge in [-0.05, 0) is 19.3 Å². The molecule has 0 atom stereocenters. The maximum Gasteiger partial charge on any atom is 0.323 e. The summed E-state index contributed by atoms with van der Waals surface area (Å²) < 4.78 is 0. The molecule has 0 aromatic heterocycles. The zero-order valence-corrected chi connectivity index (χ0v) is 7.83. The smallest absolute Gasteiger partial charge is 0.323 e. The van der Waals surface area contributed by atoms with Crippen molar-refractivity contribution in [3.8, 4) is 11.8 Å². The fraction of sp³-hybridized carbons (Fsp3) is 0.556. The number of aliphatic carboxylic acids is 1. The highest BCUT2D eigenvalue weighted by molar-refractivity contribution is 5.95. The lowest BCUT2D eigenvalue weighted by molar-refractivity contribution is -0.142. The molecule has 13 heavy (non-hydrogen) atoms. The first-order chi connectivity index (χ1) is 6.11. The minimum absolute atomic E-state index is 0.276. The van der Waals surface area contributed by atoms with Gasteiger partial charge in [0.15, 0.2) is 0 Å². The number of carboxylic acid groups (broad SMARTS) is 1. The van der Waals surface area contributed by atoms with Crippen LogP contribution in [0.5, 0.6) is 0 Å². The molecule has 0 heterocycles. The molecule has 0 aliphatic carbocycles. The van der Waals surface area contributed by atoms with E-state index in [4.69, 9.17) is 5.11 Å². The molecule has 0 spiro atoms. The minimum Gasteiger partial charge on any atom is -0.480 e. The van der Waals surface area contributed by atoms with Crippen molar-refractivity contribution in [2.45, 2.75) is 20.3 Å². The number of hydrogen-bond acceptors (Lipinski definition) is 2. The molecule has 0 aliphatic rings. The third kappa shape index (κ3) is 4.86. The Morgan fingerprint density at radius 2 is 2.08 bits per heavy atom. The first kappa shape index (κ1) is 11.5. The third-order valence-electron chi connectivity index (χ3n) is 1.34. The monoisotopic (exact) mass is 183 g/mol. The van der Waals surface area contributed by atoms with Crippen LogP contribution < -0.4 is 0 Å². The molecule has 0 rings (SSSR count). The molecule has 0 bridgehead atoms. The van der Waals surface area contributed by atoms with Crippen molar-refractivity contribution >= 4 is 11.9 Å². The van der Waals surface area contributed by atoms with Gasteiger partial charge in [-0.25, -0.2) is 0 Å². The number of amides is 1. The Morgan fingerprint density at radius 3 is 2.46 bits per heavy atom. The first-order valence-electron chi connectivity index (χ1n) is 4.05. The average molecular weight is 183 g/mol. The fourth-order valence-electron chi connectivity index (χ4n) is 0.872. The number of hydrogen-bond donors (Lipinski definition) is 1. The topological polar surface area (TPSA) is 57.6 Å². The van der Waals surface area contributed by atoms with Crippen LogP contribution >= 0.6 is 0 Å². The van der Waals surface area contributed by atoms with Crippen LogP contribution in [0.15, 0.2) is 0 Å². The second-order valence-corrected chi connectivity index (χ2v) is 2.50.